The highest BCUT2D eigenvalue weighted by Gasteiger charge is 2.32. The molecule has 1 unspecified atom stereocenters. The molecule has 0 radical (unpaired) electrons. The third-order valence-electron chi connectivity index (χ3n) is 5.58. The monoisotopic (exact) mass is 368 g/mol. The molecule has 2 saturated heterocycles. The molecule has 2 fully saturated rings. The summed E-state index contributed by atoms with van der Waals surface area (Å²) in [5, 5.41) is 0. The lowest BCUT2D eigenvalue weighted by molar-refractivity contribution is 0.111. The molecule has 0 spiro atoms. The van der Waals surface area contributed by atoms with Gasteiger partial charge >= 0.3 is 0 Å². The van der Waals surface area contributed by atoms with Crippen LogP contribution in [0.3, 0.4) is 0 Å². The van der Waals surface area contributed by atoms with Gasteiger partial charge in [0.05, 0.1) is 4.90 Å². The van der Waals surface area contributed by atoms with E-state index in [1.54, 1.807) is 4.31 Å². The van der Waals surface area contributed by atoms with Crippen LogP contribution in [0.1, 0.15) is 45.4 Å². The van der Waals surface area contributed by atoms with Gasteiger partial charge in [0.25, 0.3) is 0 Å². The van der Waals surface area contributed by atoms with Crippen molar-refractivity contribution in [2.75, 3.05) is 26.2 Å². The Morgan fingerprint density at radius 3 is 2.32 bits per heavy atom. The van der Waals surface area contributed by atoms with Crippen LogP contribution in [0, 0.1) is 11.7 Å². The maximum absolute atomic E-state index is 13.1. The first kappa shape index (κ1) is 18.8. The Kier molecular flexibility index (Phi) is 6.12. The maximum atomic E-state index is 13.1. The van der Waals surface area contributed by atoms with Crippen LogP contribution in [0.25, 0.3) is 0 Å². The Morgan fingerprint density at radius 2 is 1.64 bits per heavy atom. The van der Waals surface area contributed by atoms with E-state index in [9.17, 15) is 12.8 Å². The molecule has 2 heterocycles. The third kappa shape index (κ3) is 4.60. The van der Waals surface area contributed by atoms with Crippen LogP contribution in [-0.4, -0.2) is 49.8 Å². The molecular weight excluding hydrogens is 339 g/mol. The van der Waals surface area contributed by atoms with Crippen molar-refractivity contribution >= 4 is 10.0 Å². The summed E-state index contributed by atoms with van der Waals surface area (Å²) in [5.41, 5.74) is 0. The molecule has 1 atom stereocenters. The van der Waals surface area contributed by atoms with Gasteiger partial charge in [-0.2, -0.15) is 4.31 Å². The molecule has 1 aromatic rings. The first-order valence-corrected chi connectivity index (χ1v) is 10.9. The van der Waals surface area contributed by atoms with Crippen LogP contribution >= 0.6 is 0 Å². The Balaban J connectivity index is 1.61. The number of sulfonamides is 1. The van der Waals surface area contributed by atoms with E-state index in [4.69, 9.17) is 0 Å². The highest BCUT2D eigenvalue weighted by atomic mass is 32.2. The molecular formula is C19H29FN2O2S. The molecule has 0 aromatic heterocycles. The SMILES string of the molecule is CC1CCCCCN(C2CCN(S(=O)(=O)c3ccc(F)cc3)CC2)C1. The molecule has 0 aliphatic carbocycles. The Labute approximate surface area is 151 Å². The van der Waals surface area contributed by atoms with Gasteiger partial charge in [-0.25, -0.2) is 12.8 Å². The van der Waals surface area contributed by atoms with Crippen molar-refractivity contribution in [3.8, 4) is 0 Å². The highest BCUT2D eigenvalue weighted by molar-refractivity contribution is 7.89. The largest absolute Gasteiger partial charge is 0.300 e. The van der Waals surface area contributed by atoms with Gasteiger partial charge in [-0.3, -0.25) is 0 Å². The summed E-state index contributed by atoms with van der Waals surface area (Å²) in [4.78, 5) is 2.78. The van der Waals surface area contributed by atoms with Crippen LogP contribution < -0.4 is 0 Å². The number of benzene rings is 1. The van der Waals surface area contributed by atoms with E-state index >= 15 is 0 Å². The van der Waals surface area contributed by atoms with Gasteiger partial charge in [-0.15, -0.1) is 0 Å². The molecule has 25 heavy (non-hydrogen) atoms. The second-order valence-electron chi connectivity index (χ2n) is 7.54. The molecule has 0 saturated carbocycles. The van der Waals surface area contributed by atoms with Crippen molar-refractivity contribution in [1.29, 1.82) is 0 Å². The van der Waals surface area contributed by atoms with Crippen molar-refractivity contribution < 1.29 is 12.8 Å². The molecule has 3 rings (SSSR count). The fourth-order valence-electron chi connectivity index (χ4n) is 4.10. The van der Waals surface area contributed by atoms with Gasteiger partial charge in [0.2, 0.25) is 10.0 Å². The summed E-state index contributed by atoms with van der Waals surface area (Å²) in [5.74, 6) is 0.310. The molecule has 0 N–H and O–H groups in total. The van der Waals surface area contributed by atoms with E-state index in [1.807, 2.05) is 0 Å². The molecule has 0 amide bonds. The van der Waals surface area contributed by atoms with Crippen LogP contribution in [0.4, 0.5) is 4.39 Å². The zero-order valence-electron chi connectivity index (χ0n) is 15.0. The van der Waals surface area contributed by atoms with E-state index in [-0.39, 0.29) is 4.90 Å². The topological polar surface area (TPSA) is 40.6 Å². The molecule has 6 heteroatoms. The molecule has 4 nitrogen and oxygen atoms in total. The fraction of sp³-hybridized carbons (Fsp3) is 0.684. The lowest BCUT2D eigenvalue weighted by atomic mass is 9.96. The minimum absolute atomic E-state index is 0.187. The van der Waals surface area contributed by atoms with Crippen LogP contribution in [0.15, 0.2) is 29.2 Å². The zero-order chi connectivity index (χ0) is 17.9. The van der Waals surface area contributed by atoms with Gasteiger partial charge in [0.15, 0.2) is 0 Å². The number of piperidine rings is 1. The first-order valence-electron chi connectivity index (χ1n) is 9.46. The summed E-state index contributed by atoms with van der Waals surface area (Å²) in [6.45, 7) is 5.70. The standard InChI is InChI=1S/C19H29FN2O2S/c1-16-5-3-2-4-12-21(15-16)18-10-13-22(14-11-18)25(23,24)19-8-6-17(20)7-9-19/h6-9,16,18H,2-5,10-15H2,1H3. The Hall–Kier alpha value is -0.980. The normalized spacial score (nSPS) is 25.4. The predicted octanol–water partition coefficient (Wildman–Crippen LogP) is 3.49. The predicted molar refractivity (Wildman–Crippen MR) is 97.4 cm³/mol. The average Bonchev–Trinajstić information content (AvgIpc) is 2.58. The molecule has 1 aromatic carbocycles. The fourth-order valence-corrected chi connectivity index (χ4v) is 5.57. The quantitative estimate of drug-likeness (QED) is 0.820. The number of nitrogens with zero attached hydrogens (tertiary/aromatic N) is 2. The maximum Gasteiger partial charge on any atom is 0.243 e. The lowest BCUT2D eigenvalue weighted by Crippen LogP contribution is -2.48. The smallest absolute Gasteiger partial charge is 0.243 e. The average molecular weight is 369 g/mol. The number of rotatable bonds is 3. The van der Waals surface area contributed by atoms with Crippen molar-refractivity contribution in [2.24, 2.45) is 5.92 Å². The number of hydrogen-bond donors (Lipinski definition) is 0. The summed E-state index contributed by atoms with van der Waals surface area (Å²) in [6.07, 6.45) is 6.96. The summed E-state index contributed by atoms with van der Waals surface area (Å²) in [7, 11) is -3.51. The van der Waals surface area contributed by atoms with Crippen LogP contribution in [0.5, 0.6) is 0 Å². The van der Waals surface area contributed by atoms with E-state index in [2.05, 4.69) is 11.8 Å². The summed E-state index contributed by atoms with van der Waals surface area (Å²) < 4.78 is 40.1. The second-order valence-corrected chi connectivity index (χ2v) is 9.48. The zero-order valence-corrected chi connectivity index (χ0v) is 15.8. The minimum atomic E-state index is -3.51. The first-order chi connectivity index (χ1) is 12.0. The van der Waals surface area contributed by atoms with Gasteiger partial charge in [0.1, 0.15) is 5.82 Å². The van der Waals surface area contributed by atoms with E-state index in [0.29, 0.717) is 19.1 Å². The van der Waals surface area contributed by atoms with Crippen molar-refractivity contribution in [2.45, 2.75) is 56.4 Å². The number of likely N-dealkylation sites (tertiary alicyclic amines) is 1. The number of hydrogen-bond acceptors (Lipinski definition) is 3. The Morgan fingerprint density at radius 1 is 0.960 bits per heavy atom. The molecule has 0 bridgehead atoms. The van der Waals surface area contributed by atoms with Gasteiger partial charge in [-0.1, -0.05) is 19.8 Å². The van der Waals surface area contributed by atoms with Crippen molar-refractivity contribution in [1.82, 2.24) is 9.21 Å². The minimum Gasteiger partial charge on any atom is -0.300 e. The van der Waals surface area contributed by atoms with Gasteiger partial charge in [-0.05, 0) is 62.4 Å². The van der Waals surface area contributed by atoms with Crippen LogP contribution in [-0.2, 0) is 10.0 Å². The number of halogens is 1. The van der Waals surface area contributed by atoms with Crippen molar-refractivity contribution in [3.63, 3.8) is 0 Å². The lowest BCUT2D eigenvalue weighted by Gasteiger charge is -2.40. The second kappa shape index (κ2) is 8.14. The summed E-state index contributed by atoms with van der Waals surface area (Å²) >= 11 is 0. The Bertz CT molecular complexity index is 655. The molecule has 2 aliphatic heterocycles. The van der Waals surface area contributed by atoms with Gasteiger partial charge < -0.3 is 4.90 Å². The van der Waals surface area contributed by atoms with E-state index in [1.165, 1.54) is 49.9 Å². The van der Waals surface area contributed by atoms with Crippen LogP contribution in [0.2, 0.25) is 0 Å². The van der Waals surface area contributed by atoms with Gasteiger partial charge in [0, 0.05) is 25.7 Å². The summed E-state index contributed by atoms with van der Waals surface area (Å²) in [6, 6.07) is 5.62. The van der Waals surface area contributed by atoms with E-state index in [0.717, 1.165) is 31.8 Å². The van der Waals surface area contributed by atoms with Crippen molar-refractivity contribution in [3.05, 3.63) is 30.1 Å². The van der Waals surface area contributed by atoms with E-state index < -0.39 is 15.8 Å². The third-order valence-corrected chi connectivity index (χ3v) is 7.49. The molecule has 140 valence electrons. The highest BCUT2D eigenvalue weighted by Crippen LogP contribution is 2.26. The molecule has 2 aliphatic rings.